The number of ether oxygens (including phenoxy) is 1. The molecule has 0 heterocycles. The van der Waals surface area contributed by atoms with Crippen molar-refractivity contribution < 1.29 is 9.53 Å². The lowest BCUT2D eigenvalue weighted by Crippen LogP contribution is -2.10. The Morgan fingerprint density at radius 3 is 2.29 bits per heavy atom. The minimum Gasteiger partial charge on any atom is -0.457 e. The Morgan fingerprint density at radius 1 is 0.952 bits per heavy atom. The van der Waals surface area contributed by atoms with E-state index in [1.807, 2.05) is 54.6 Å². The molecule has 1 N–H and O–H groups in total. The number of hydrogen-bond donors (Lipinski definition) is 1. The summed E-state index contributed by atoms with van der Waals surface area (Å²) in [6, 6.07) is 16.9. The van der Waals surface area contributed by atoms with Gasteiger partial charge in [0.1, 0.15) is 11.5 Å². The van der Waals surface area contributed by atoms with Crippen molar-refractivity contribution in [3.8, 4) is 11.5 Å². The Labute approximate surface area is 129 Å². The first-order valence-electron chi connectivity index (χ1n) is 6.97. The lowest BCUT2D eigenvalue weighted by atomic mass is 10.2. The molecule has 0 bridgehead atoms. The molecular formula is C17H18ClNO2. The highest BCUT2D eigenvalue weighted by molar-refractivity contribution is 6.17. The van der Waals surface area contributed by atoms with E-state index in [2.05, 4.69) is 5.32 Å². The molecule has 0 saturated heterocycles. The van der Waals surface area contributed by atoms with E-state index in [1.54, 1.807) is 0 Å². The average molecular weight is 304 g/mol. The van der Waals surface area contributed by atoms with Crippen LogP contribution in [0.1, 0.15) is 19.3 Å². The highest BCUT2D eigenvalue weighted by Crippen LogP contribution is 2.22. The number of carbonyl (C=O) groups excluding carboxylic acids is 1. The maximum absolute atomic E-state index is 11.7. The number of carbonyl (C=O) groups is 1. The summed E-state index contributed by atoms with van der Waals surface area (Å²) in [6.45, 7) is 0. The molecule has 0 spiro atoms. The normalized spacial score (nSPS) is 10.1. The molecule has 1 amide bonds. The molecule has 21 heavy (non-hydrogen) atoms. The number of nitrogens with one attached hydrogen (secondary N) is 1. The fraction of sp³-hybridized carbons (Fsp3) is 0.235. The molecule has 0 aliphatic rings. The molecule has 0 radical (unpaired) electrons. The van der Waals surface area contributed by atoms with Gasteiger partial charge in [-0.1, -0.05) is 18.2 Å². The van der Waals surface area contributed by atoms with E-state index in [4.69, 9.17) is 16.3 Å². The summed E-state index contributed by atoms with van der Waals surface area (Å²) < 4.78 is 5.69. The molecule has 2 aromatic rings. The maximum Gasteiger partial charge on any atom is 0.224 e. The van der Waals surface area contributed by atoms with Crippen LogP contribution in [0.15, 0.2) is 54.6 Å². The summed E-state index contributed by atoms with van der Waals surface area (Å²) >= 11 is 5.58. The highest BCUT2D eigenvalue weighted by Gasteiger charge is 2.03. The second-order valence-electron chi connectivity index (χ2n) is 4.63. The standard InChI is InChI=1S/C17H18ClNO2/c18-13-5-4-8-17(20)19-14-9-11-16(12-10-14)21-15-6-2-1-3-7-15/h1-3,6-7,9-12H,4-5,8,13H2,(H,19,20). The van der Waals surface area contributed by atoms with E-state index in [0.29, 0.717) is 12.3 Å². The third-order valence-electron chi connectivity index (χ3n) is 2.90. The van der Waals surface area contributed by atoms with Gasteiger partial charge in [-0.25, -0.2) is 0 Å². The monoisotopic (exact) mass is 303 g/mol. The SMILES string of the molecule is O=C(CCCCCl)Nc1ccc(Oc2ccccc2)cc1. The summed E-state index contributed by atoms with van der Waals surface area (Å²) in [5.74, 6) is 2.13. The number of hydrogen-bond acceptors (Lipinski definition) is 2. The Morgan fingerprint density at radius 2 is 1.62 bits per heavy atom. The van der Waals surface area contributed by atoms with E-state index < -0.39 is 0 Å². The number of anilines is 1. The van der Waals surface area contributed by atoms with E-state index in [-0.39, 0.29) is 5.91 Å². The predicted octanol–water partition coefficient (Wildman–Crippen LogP) is 4.83. The molecule has 0 fully saturated rings. The molecule has 0 unspecified atom stereocenters. The fourth-order valence-electron chi connectivity index (χ4n) is 1.83. The number of amides is 1. The van der Waals surface area contributed by atoms with Gasteiger partial charge < -0.3 is 10.1 Å². The zero-order chi connectivity index (χ0) is 14.9. The van der Waals surface area contributed by atoms with Crippen LogP contribution in [-0.4, -0.2) is 11.8 Å². The molecule has 110 valence electrons. The van der Waals surface area contributed by atoms with Crippen LogP contribution < -0.4 is 10.1 Å². The summed E-state index contributed by atoms with van der Waals surface area (Å²) in [4.78, 5) is 11.7. The lowest BCUT2D eigenvalue weighted by Gasteiger charge is -2.08. The van der Waals surface area contributed by atoms with Crippen LogP contribution in [0.5, 0.6) is 11.5 Å². The van der Waals surface area contributed by atoms with Gasteiger partial charge in [-0.2, -0.15) is 0 Å². The van der Waals surface area contributed by atoms with Crippen LogP contribution in [-0.2, 0) is 4.79 Å². The van der Waals surface area contributed by atoms with Crippen molar-refractivity contribution in [2.75, 3.05) is 11.2 Å². The molecule has 4 heteroatoms. The van der Waals surface area contributed by atoms with Crippen LogP contribution in [0.3, 0.4) is 0 Å². The zero-order valence-electron chi connectivity index (χ0n) is 11.7. The van der Waals surface area contributed by atoms with Crippen molar-refractivity contribution in [1.82, 2.24) is 0 Å². The largest absolute Gasteiger partial charge is 0.457 e. The minimum atomic E-state index is 0.0110. The van der Waals surface area contributed by atoms with E-state index in [0.717, 1.165) is 30.0 Å². The van der Waals surface area contributed by atoms with Gasteiger partial charge in [-0.05, 0) is 49.2 Å². The second kappa shape index (κ2) is 8.32. The van der Waals surface area contributed by atoms with E-state index >= 15 is 0 Å². The van der Waals surface area contributed by atoms with Gasteiger partial charge in [0.05, 0.1) is 0 Å². The van der Waals surface area contributed by atoms with Crippen molar-refractivity contribution in [3.63, 3.8) is 0 Å². The third kappa shape index (κ3) is 5.48. The van der Waals surface area contributed by atoms with Crippen molar-refractivity contribution in [3.05, 3.63) is 54.6 Å². The number of benzene rings is 2. The number of para-hydroxylation sites is 1. The Balaban J connectivity index is 1.85. The lowest BCUT2D eigenvalue weighted by molar-refractivity contribution is -0.116. The van der Waals surface area contributed by atoms with Crippen LogP contribution in [0.2, 0.25) is 0 Å². The maximum atomic E-state index is 11.7. The van der Waals surface area contributed by atoms with Gasteiger partial charge in [0.15, 0.2) is 0 Å². The summed E-state index contributed by atoms with van der Waals surface area (Å²) in [5.41, 5.74) is 0.770. The van der Waals surface area contributed by atoms with Gasteiger partial charge in [0.2, 0.25) is 5.91 Å². The number of alkyl halides is 1. The first-order chi connectivity index (χ1) is 10.3. The molecule has 2 aromatic carbocycles. The summed E-state index contributed by atoms with van der Waals surface area (Å²) in [6.07, 6.45) is 2.17. The number of halogens is 1. The van der Waals surface area contributed by atoms with Gasteiger partial charge in [0.25, 0.3) is 0 Å². The first-order valence-corrected chi connectivity index (χ1v) is 7.50. The Bertz CT molecular complexity index is 555. The summed E-state index contributed by atoms with van der Waals surface area (Å²) in [7, 11) is 0. The molecule has 2 rings (SSSR count). The first kappa shape index (κ1) is 15.4. The summed E-state index contributed by atoms with van der Waals surface area (Å²) in [5, 5.41) is 2.85. The highest BCUT2D eigenvalue weighted by atomic mass is 35.5. The van der Waals surface area contributed by atoms with E-state index in [9.17, 15) is 4.79 Å². The van der Waals surface area contributed by atoms with Crippen LogP contribution >= 0.6 is 11.6 Å². The van der Waals surface area contributed by atoms with E-state index in [1.165, 1.54) is 0 Å². The molecule has 0 atom stereocenters. The van der Waals surface area contributed by atoms with Crippen molar-refractivity contribution >= 4 is 23.2 Å². The molecule has 0 aliphatic carbocycles. The fourth-order valence-corrected chi connectivity index (χ4v) is 2.02. The Hall–Kier alpha value is -2.00. The molecule has 0 aliphatic heterocycles. The smallest absolute Gasteiger partial charge is 0.224 e. The molecule has 0 saturated carbocycles. The minimum absolute atomic E-state index is 0.0110. The van der Waals surface area contributed by atoms with Crippen LogP contribution in [0.25, 0.3) is 0 Å². The third-order valence-corrected chi connectivity index (χ3v) is 3.17. The number of rotatable bonds is 7. The van der Waals surface area contributed by atoms with Gasteiger partial charge in [0, 0.05) is 18.0 Å². The quantitative estimate of drug-likeness (QED) is 0.588. The zero-order valence-corrected chi connectivity index (χ0v) is 12.5. The second-order valence-corrected chi connectivity index (χ2v) is 5.01. The van der Waals surface area contributed by atoms with Crippen molar-refractivity contribution in [1.29, 1.82) is 0 Å². The predicted molar refractivity (Wildman–Crippen MR) is 86.2 cm³/mol. The van der Waals surface area contributed by atoms with Gasteiger partial charge in [-0.3, -0.25) is 4.79 Å². The molecule has 3 nitrogen and oxygen atoms in total. The van der Waals surface area contributed by atoms with Crippen molar-refractivity contribution in [2.45, 2.75) is 19.3 Å². The molecule has 0 aromatic heterocycles. The molecular weight excluding hydrogens is 286 g/mol. The van der Waals surface area contributed by atoms with Crippen LogP contribution in [0, 0.1) is 0 Å². The van der Waals surface area contributed by atoms with Crippen molar-refractivity contribution in [2.24, 2.45) is 0 Å². The Kier molecular flexibility index (Phi) is 6.10. The van der Waals surface area contributed by atoms with Gasteiger partial charge >= 0.3 is 0 Å². The average Bonchev–Trinajstić information content (AvgIpc) is 2.51. The van der Waals surface area contributed by atoms with Crippen LogP contribution in [0.4, 0.5) is 5.69 Å². The number of unbranched alkanes of at least 4 members (excludes halogenated alkanes) is 1. The van der Waals surface area contributed by atoms with Gasteiger partial charge in [-0.15, -0.1) is 11.6 Å². The topological polar surface area (TPSA) is 38.3 Å².